The fourth-order valence-electron chi connectivity index (χ4n) is 3.34. The Balaban J connectivity index is 1.67. The van der Waals surface area contributed by atoms with Crippen molar-refractivity contribution in [1.29, 1.82) is 0 Å². The van der Waals surface area contributed by atoms with Crippen molar-refractivity contribution in [2.24, 2.45) is 0 Å². The Kier molecular flexibility index (Phi) is 4.00. The zero-order valence-electron chi connectivity index (χ0n) is 14.5. The molecular weight excluding hydrogens is 336 g/mol. The van der Waals surface area contributed by atoms with E-state index in [0.717, 1.165) is 5.82 Å². The maximum atomic E-state index is 12.9. The van der Waals surface area contributed by atoms with Crippen LogP contribution in [0.25, 0.3) is 5.65 Å². The number of pyridine rings is 1. The smallest absolute Gasteiger partial charge is 0.270 e. The minimum absolute atomic E-state index is 0.0148. The molecule has 0 spiro atoms. The van der Waals surface area contributed by atoms with Crippen molar-refractivity contribution in [3.8, 4) is 0 Å². The van der Waals surface area contributed by atoms with Gasteiger partial charge in [0.2, 0.25) is 0 Å². The highest BCUT2D eigenvalue weighted by molar-refractivity contribution is 5.93. The molecular formula is C17H18N6O3. The second kappa shape index (κ2) is 6.34. The average molecular weight is 354 g/mol. The van der Waals surface area contributed by atoms with Gasteiger partial charge in [-0.15, -0.1) is 10.2 Å². The Morgan fingerprint density at radius 3 is 3.00 bits per heavy atom. The van der Waals surface area contributed by atoms with Crippen molar-refractivity contribution < 1.29 is 9.53 Å². The van der Waals surface area contributed by atoms with Crippen LogP contribution in [0.2, 0.25) is 0 Å². The lowest BCUT2D eigenvalue weighted by atomic mass is 10.2. The number of aromatic nitrogens is 5. The molecule has 0 unspecified atom stereocenters. The summed E-state index contributed by atoms with van der Waals surface area (Å²) in [5.74, 6) is 1.06. The molecule has 0 radical (unpaired) electrons. The summed E-state index contributed by atoms with van der Waals surface area (Å²) in [6, 6.07) is 5.23. The molecule has 0 N–H and O–H groups in total. The van der Waals surface area contributed by atoms with Gasteiger partial charge in [0.15, 0.2) is 11.6 Å². The Morgan fingerprint density at radius 1 is 1.35 bits per heavy atom. The van der Waals surface area contributed by atoms with Crippen LogP contribution < -0.4 is 5.56 Å². The molecule has 0 aliphatic carbocycles. The lowest BCUT2D eigenvalue weighted by molar-refractivity contribution is 0.0672. The van der Waals surface area contributed by atoms with E-state index in [2.05, 4.69) is 15.2 Å². The first-order chi connectivity index (χ1) is 12.6. The highest BCUT2D eigenvalue weighted by atomic mass is 16.5. The van der Waals surface area contributed by atoms with Crippen LogP contribution in [0.3, 0.4) is 0 Å². The molecule has 4 heterocycles. The van der Waals surface area contributed by atoms with E-state index in [9.17, 15) is 9.59 Å². The van der Waals surface area contributed by atoms with E-state index in [1.54, 1.807) is 36.4 Å². The molecule has 1 aliphatic heterocycles. The lowest BCUT2D eigenvalue weighted by Gasteiger charge is -2.32. The van der Waals surface area contributed by atoms with Gasteiger partial charge in [0, 0.05) is 26.0 Å². The standard InChI is InChI=1S/C17H18N6O3/c1-11-8-21(9-14-19-20-15(10-26-2)23(11)14)16(24)12-7-18-13-5-3-4-6-22(13)17(12)25/h3-7,11H,8-10H2,1-2H3/t11-/m0/s1. The van der Waals surface area contributed by atoms with Crippen LogP contribution in [0.4, 0.5) is 0 Å². The van der Waals surface area contributed by atoms with E-state index in [1.807, 2.05) is 11.5 Å². The highest BCUT2D eigenvalue weighted by Gasteiger charge is 2.30. The molecule has 0 fully saturated rings. The Hall–Kier alpha value is -3.07. The van der Waals surface area contributed by atoms with Crippen molar-refractivity contribution in [2.45, 2.75) is 26.1 Å². The topological polar surface area (TPSA) is 94.6 Å². The Bertz CT molecular complexity index is 1040. The minimum Gasteiger partial charge on any atom is -0.377 e. The highest BCUT2D eigenvalue weighted by Crippen LogP contribution is 2.22. The maximum Gasteiger partial charge on any atom is 0.270 e. The summed E-state index contributed by atoms with van der Waals surface area (Å²) in [4.78, 5) is 31.4. The summed E-state index contributed by atoms with van der Waals surface area (Å²) < 4.78 is 8.50. The van der Waals surface area contributed by atoms with Gasteiger partial charge < -0.3 is 14.2 Å². The molecule has 1 aliphatic rings. The first kappa shape index (κ1) is 16.4. The Morgan fingerprint density at radius 2 is 2.19 bits per heavy atom. The minimum atomic E-state index is -0.375. The number of methoxy groups -OCH3 is 1. The van der Waals surface area contributed by atoms with Crippen molar-refractivity contribution in [1.82, 2.24) is 29.0 Å². The number of ether oxygens (including phenoxy) is 1. The van der Waals surface area contributed by atoms with E-state index < -0.39 is 0 Å². The summed E-state index contributed by atoms with van der Waals surface area (Å²) in [6.07, 6.45) is 2.95. The van der Waals surface area contributed by atoms with Crippen molar-refractivity contribution in [3.05, 3.63) is 58.2 Å². The van der Waals surface area contributed by atoms with E-state index in [1.165, 1.54) is 10.6 Å². The second-order valence-corrected chi connectivity index (χ2v) is 6.28. The molecule has 1 amide bonds. The third-order valence-corrected chi connectivity index (χ3v) is 4.50. The van der Waals surface area contributed by atoms with Crippen molar-refractivity contribution >= 4 is 11.6 Å². The zero-order valence-corrected chi connectivity index (χ0v) is 14.5. The number of hydrogen-bond acceptors (Lipinski definition) is 6. The molecule has 9 nitrogen and oxygen atoms in total. The molecule has 0 aromatic carbocycles. The molecule has 0 saturated heterocycles. The Labute approximate surface area is 148 Å². The molecule has 0 bridgehead atoms. The predicted octanol–water partition coefficient (Wildman–Crippen LogP) is 0.649. The van der Waals surface area contributed by atoms with Crippen LogP contribution in [0, 0.1) is 0 Å². The third kappa shape index (κ3) is 2.57. The number of carbonyl (C=O) groups is 1. The van der Waals surface area contributed by atoms with Gasteiger partial charge in [-0.3, -0.25) is 14.0 Å². The molecule has 4 rings (SSSR count). The summed E-state index contributed by atoms with van der Waals surface area (Å²) >= 11 is 0. The first-order valence-electron chi connectivity index (χ1n) is 8.27. The summed E-state index contributed by atoms with van der Waals surface area (Å²) in [7, 11) is 1.60. The fraction of sp³-hybridized carbons (Fsp3) is 0.353. The van der Waals surface area contributed by atoms with Crippen molar-refractivity contribution in [2.75, 3.05) is 13.7 Å². The van der Waals surface area contributed by atoms with Crippen LogP contribution in [0.15, 0.2) is 35.4 Å². The second-order valence-electron chi connectivity index (χ2n) is 6.28. The summed E-state index contributed by atoms with van der Waals surface area (Å²) in [6.45, 7) is 3.09. The third-order valence-electron chi connectivity index (χ3n) is 4.50. The van der Waals surface area contributed by atoms with Gasteiger partial charge in [-0.1, -0.05) is 6.07 Å². The maximum absolute atomic E-state index is 12.9. The van der Waals surface area contributed by atoms with Gasteiger partial charge in [-0.05, 0) is 19.1 Å². The van der Waals surface area contributed by atoms with Crippen LogP contribution in [0.5, 0.6) is 0 Å². The number of nitrogens with zero attached hydrogens (tertiary/aromatic N) is 6. The normalized spacial score (nSPS) is 16.7. The molecule has 0 saturated carbocycles. The zero-order chi connectivity index (χ0) is 18.3. The lowest BCUT2D eigenvalue weighted by Crippen LogP contribution is -2.42. The van der Waals surface area contributed by atoms with Gasteiger partial charge in [0.25, 0.3) is 11.5 Å². The predicted molar refractivity (Wildman–Crippen MR) is 91.6 cm³/mol. The molecule has 134 valence electrons. The van der Waals surface area contributed by atoms with E-state index >= 15 is 0 Å². The quantitative estimate of drug-likeness (QED) is 0.685. The van der Waals surface area contributed by atoms with E-state index in [4.69, 9.17) is 4.74 Å². The van der Waals surface area contributed by atoms with Gasteiger partial charge in [-0.2, -0.15) is 0 Å². The average Bonchev–Trinajstić information content (AvgIpc) is 3.05. The number of rotatable bonds is 3. The molecule has 1 atom stereocenters. The van der Waals surface area contributed by atoms with Gasteiger partial charge in [0.1, 0.15) is 17.8 Å². The SMILES string of the molecule is COCc1nnc2n1[C@@H](C)CN(C(=O)c1cnc3ccccn3c1=O)C2. The summed E-state index contributed by atoms with van der Waals surface area (Å²) in [5, 5.41) is 8.30. The number of carbonyl (C=O) groups excluding carboxylic acids is 1. The van der Waals surface area contributed by atoms with Crippen LogP contribution in [0.1, 0.15) is 35.0 Å². The van der Waals surface area contributed by atoms with Gasteiger partial charge in [0.05, 0.1) is 12.6 Å². The largest absolute Gasteiger partial charge is 0.377 e. The molecule has 3 aromatic heterocycles. The van der Waals surface area contributed by atoms with Crippen LogP contribution >= 0.6 is 0 Å². The number of amides is 1. The first-order valence-corrected chi connectivity index (χ1v) is 8.27. The van der Waals surface area contributed by atoms with Gasteiger partial charge in [-0.25, -0.2) is 4.98 Å². The molecule has 3 aromatic rings. The van der Waals surface area contributed by atoms with Crippen LogP contribution in [-0.4, -0.2) is 48.6 Å². The van der Waals surface area contributed by atoms with Crippen LogP contribution in [-0.2, 0) is 17.9 Å². The fourth-order valence-corrected chi connectivity index (χ4v) is 3.34. The number of hydrogen-bond donors (Lipinski definition) is 0. The number of fused-ring (bicyclic) bond motifs is 2. The molecule has 9 heteroatoms. The monoisotopic (exact) mass is 354 g/mol. The summed E-state index contributed by atoms with van der Waals surface area (Å²) in [5.41, 5.74) is 0.177. The van der Waals surface area contributed by atoms with Crippen molar-refractivity contribution in [3.63, 3.8) is 0 Å². The molecule has 26 heavy (non-hydrogen) atoms. The van der Waals surface area contributed by atoms with E-state index in [-0.39, 0.29) is 29.6 Å². The van der Waals surface area contributed by atoms with Gasteiger partial charge >= 0.3 is 0 Å². The van der Waals surface area contributed by atoms with E-state index in [0.29, 0.717) is 24.6 Å².